The topological polar surface area (TPSA) is 69.5 Å². The molecule has 0 fully saturated rings. The van der Waals surface area contributed by atoms with E-state index in [-0.39, 0.29) is 18.5 Å². The summed E-state index contributed by atoms with van der Waals surface area (Å²) in [6.07, 6.45) is 0. The Hall–Kier alpha value is -3.42. The van der Waals surface area contributed by atoms with Gasteiger partial charge in [-0.2, -0.15) is 5.26 Å². The molecule has 4 heteroatoms. The molecule has 3 aromatic carbocycles. The van der Waals surface area contributed by atoms with Crippen molar-refractivity contribution in [2.45, 2.75) is 13.0 Å². The molecule has 0 aliphatic carbocycles. The van der Waals surface area contributed by atoms with Gasteiger partial charge in [-0.25, -0.2) is 0 Å². The summed E-state index contributed by atoms with van der Waals surface area (Å²) < 4.78 is 0. The molecule has 0 spiro atoms. The van der Waals surface area contributed by atoms with Crippen molar-refractivity contribution >= 4 is 11.6 Å². The lowest BCUT2D eigenvalue weighted by atomic mass is 9.98. The summed E-state index contributed by atoms with van der Waals surface area (Å²) in [6, 6.07) is 27.7. The largest absolute Gasteiger partial charge is 0.328 e. The smallest absolute Gasteiger partial charge is 0.279 e. The molecule has 4 nitrogen and oxygen atoms in total. The fourth-order valence-corrected chi connectivity index (χ4v) is 3.01. The fourth-order valence-electron chi connectivity index (χ4n) is 3.01. The van der Waals surface area contributed by atoms with Gasteiger partial charge in [0.05, 0.1) is 11.3 Å². The number of nitrogens with one attached hydrogen (secondary N) is 1. The van der Waals surface area contributed by atoms with E-state index in [1.807, 2.05) is 23.5 Å². The maximum Gasteiger partial charge on any atom is 0.279 e. The van der Waals surface area contributed by atoms with Gasteiger partial charge in [-0.05, 0) is 19.1 Å². The molecular weight excluding hydrogens is 334 g/mol. The highest BCUT2D eigenvalue weighted by Crippen LogP contribution is 2.18. The minimum Gasteiger partial charge on any atom is -0.328 e. The molecule has 0 saturated carbocycles. The summed E-state index contributed by atoms with van der Waals surface area (Å²) in [4.78, 5) is 12.5. The second-order valence-electron chi connectivity index (χ2n) is 6.44. The molecule has 3 N–H and O–H groups in total. The summed E-state index contributed by atoms with van der Waals surface area (Å²) in [5.41, 5.74) is 4.51. The van der Waals surface area contributed by atoms with E-state index < -0.39 is 0 Å². The van der Waals surface area contributed by atoms with E-state index in [0.29, 0.717) is 11.3 Å². The number of amides is 1. The molecule has 0 aliphatic heterocycles. The zero-order chi connectivity index (χ0) is 19.1. The predicted molar refractivity (Wildman–Crippen MR) is 106 cm³/mol. The Balaban J connectivity index is 1.74. The lowest BCUT2D eigenvalue weighted by Crippen LogP contribution is -2.87. The van der Waals surface area contributed by atoms with Gasteiger partial charge in [0, 0.05) is 11.1 Å². The van der Waals surface area contributed by atoms with Crippen LogP contribution in [0.3, 0.4) is 0 Å². The molecule has 134 valence electrons. The molecule has 0 heterocycles. The van der Waals surface area contributed by atoms with Gasteiger partial charge in [-0.15, -0.1) is 0 Å². The van der Waals surface area contributed by atoms with E-state index in [9.17, 15) is 4.79 Å². The zero-order valence-electron chi connectivity index (χ0n) is 15.2. The summed E-state index contributed by atoms with van der Waals surface area (Å²) >= 11 is 0. The molecule has 3 rings (SSSR count). The van der Waals surface area contributed by atoms with Crippen LogP contribution in [0.25, 0.3) is 0 Å². The van der Waals surface area contributed by atoms with Gasteiger partial charge < -0.3 is 10.6 Å². The normalized spacial score (nSPS) is 11.4. The molecule has 0 unspecified atom stereocenters. The van der Waals surface area contributed by atoms with Crippen molar-refractivity contribution in [3.63, 3.8) is 0 Å². The van der Waals surface area contributed by atoms with Gasteiger partial charge >= 0.3 is 0 Å². The van der Waals surface area contributed by atoms with E-state index in [1.54, 1.807) is 24.3 Å². The van der Waals surface area contributed by atoms with Crippen LogP contribution >= 0.6 is 0 Å². The molecule has 27 heavy (non-hydrogen) atoms. The number of hydrogen-bond donors (Lipinski definition) is 2. The maximum atomic E-state index is 12.5. The number of carbonyl (C=O) groups is 1. The Bertz CT molecular complexity index is 943. The zero-order valence-corrected chi connectivity index (χ0v) is 15.2. The molecule has 3 aromatic rings. The lowest BCUT2D eigenvalue weighted by Gasteiger charge is -2.17. The van der Waals surface area contributed by atoms with Gasteiger partial charge in [0.15, 0.2) is 6.54 Å². The summed E-state index contributed by atoms with van der Waals surface area (Å²) in [5, 5.41) is 14.0. The number of quaternary nitrogens is 1. The highest BCUT2D eigenvalue weighted by atomic mass is 16.1. The summed E-state index contributed by atoms with van der Waals surface area (Å²) in [7, 11) is 0. The second kappa shape index (κ2) is 8.79. The third-order valence-electron chi connectivity index (χ3n) is 4.46. The highest BCUT2D eigenvalue weighted by molar-refractivity contribution is 5.92. The van der Waals surface area contributed by atoms with E-state index >= 15 is 0 Å². The number of nitrogens with two attached hydrogens (primary N) is 1. The van der Waals surface area contributed by atoms with Crippen molar-refractivity contribution in [2.75, 3.05) is 11.9 Å². The van der Waals surface area contributed by atoms with Crippen LogP contribution in [0.2, 0.25) is 0 Å². The fraction of sp³-hybridized carbons (Fsp3) is 0.130. The number of nitriles is 1. The number of nitrogens with zero attached hydrogens (tertiary/aromatic N) is 1. The van der Waals surface area contributed by atoms with Crippen LogP contribution in [0.15, 0.2) is 78.9 Å². The van der Waals surface area contributed by atoms with Crippen LogP contribution in [0, 0.1) is 18.3 Å². The molecule has 0 bridgehead atoms. The average molecular weight is 356 g/mol. The Kier molecular flexibility index (Phi) is 5.98. The third kappa shape index (κ3) is 4.81. The maximum absolute atomic E-state index is 12.5. The quantitative estimate of drug-likeness (QED) is 0.712. The first kappa shape index (κ1) is 18.4. The monoisotopic (exact) mass is 356 g/mol. The van der Waals surface area contributed by atoms with Gasteiger partial charge in [-0.3, -0.25) is 4.79 Å². The van der Waals surface area contributed by atoms with E-state index in [0.717, 1.165) is 11.1 Å². The van der Waals surface area contributed by atoms with Gasteiger partial charge in [0.2, 0.25) is 0 Å². The highest BCUT2D eigenvalue weighted by Gasteiger charge is 2.19. The van der Waals surface area contributed by atoms with Crippen LogP contribution < -0.4 is 10.6 Å². The van der Waals surface area contributed by atoms with Crippen LogP contribution in [-0.2, 0) is 4.79 Å². The van der Waals surface area contributed by atoms with Gasteiger partial charge in [0.25, 0.3) is 5.91 Å². The van der Waals surface area contributed by atoms with Crippen molar-refractivity contribution in [2.24, 2.45) is 0 Å². The molecule has 1 atom stereocenters. The van der Waals surface area contributed by atoms with Crippen molar-refractivity contribution < 1.29 is 10.1 Å². The standard InChI is InChI=1S/C23H21N3O/c1-17-11-13-19(14-12-17)23(18-7-3-2-4-8-18)25-16-22(27)26-21-10-6-5-9-20(21)15-24/h2-14,23,25H,16H2,1H3,(H,26,27)/p+1/t23-/m0/s1. The predicted octanol–water partition coefficient (Wildman–Crippen LogP) is 3.16. The molecule has 0 radical (unpaired) electrons. The molecule has 1 amide bonds. The molecule has 0 aromatic heterocycles. The number of para-hydroxylation sites is 1. The third-order valence-corrected chi connectivity index (χ3v) is 4.46. The Labute approximate surface area is 159 Å². The number of hydrogen-bond acceptors (Lipinski definition) is 2. The first-order valence-electron chi connectivity index (χ1n) is 8.91. The lowest BCUT2D eigenvalue weighted by molar-refractivity contribution is -0.676. The van der Waals surface area contributed by atoms with Crippen molar-refractivity contribution in [3.8, 4) is 6.07 Å². The minimum atomic E-state index is -0.134. The number of carbonyl (C=O) groups excluding carboxylic acids is 1. The number of aryl methyl sites for hydroxylation is 1. The molecule has 0 aliphatic rings. The van der Waals surface area contributed by atoms with Crippen molar-refractivity contribution in [1.29, 1.82) is 5.26 Å². The molecular formula is C23H22N3O+. The van der Waals surface area contributed by atoms with Crippen molar-refractivity contribution in [1.82, 2.24) is 0 Å². The average Bonchev–Trinajstić information content (AvgIpc) is 2.70. The number of anilines is 1. The summed E-state index contributed by atoms with van der Waals surface area (Å²) in [5.74, 6) is -0.134. The Morgan fingerprint density at radius 1 is 0.963 bits per heavy atom. The number of rotatable bonds is 6. The second-order valence-corrected chi connectivity index (χ2v) is 6.44. The van der Waals surface area contributed by atoms with Crippen LogP contribution in [-0.4, -0.2) is 12.5 Å². The Morgan fingerprint density at radius 2 is 1.59 bits per heavy atom. The summed E-state index contributed by atoms with van der Waals surface area (Å²) in [6.45, 7) is 2.32. The Morgan fingerprint density at radius 3 is 2.30 bits per heavy atom. The number of benzene rings is 3. The van der Waals surface area contributed by atoms with Crippen LogP contribution in [0.4, 0.5) is 5.69 Å². The van der Waals surface area contributed by atoms with Crippen LogP contribution in [0.1, 0.15) is 28.3 Å². The van der Waals surface area contributed by atoms with Gasteiger partial charge in [-0.1, -0.05) is 72.3 Å². The van der Waals surface area contributed by atoms with E-state index in [4.69, 9.17) is 5.26 Å². The van der Waals surface area contributed by atoms with Gasteiger partial charge in [0.1, 0.15) is 12.1 Å². The van der Waals surface area contributed by atoms with E-state index in [1.165, 1.54) is 5.56 Å². The van der Waals surface area contributed by atoms with E-state index in [2.05, 4.69) is 54.7 Å². The minimum absolute atomic E-state index is 0.0313. The van der Waals surface area contributed by atoms with Crippen LogP contribution in [0.5, 0.6) is 0 Å². The van der Waals surface area contributed by atoms with Crippen molar-refractivity contribution in [3.05, 3.63) is 101 Å². The first-order valence-corrected chi connectivity index (χ1v) is 8.91. The molecule has 0 saturated heterocycles. The first-order chi connectivity index (χ1) is 13.2. The SMILES string of the molecule is Cc1ccc([C@@H]([NH2+]CC(=O)Nc2ccccc2C#N)c2ccccc2)cc1.